The van der Waals surface area contributed by atoms with E-state index in [0.717, 1.165) is 66.4 Å². The van der Waals surface area contributed by atoms with Crippen LogP contribution in [0.5, 0.6) is 0 Å². The normalized spacial score (nSPS) is 11.5. The predicted octanol–water partition coefficient (Wildman–Crippen LogP) is 15.8. The monoisotopic (exact) mass is 809 g/mol. The molecule has 62 heavy (non-hydrogen) atoms. The molecular formula is C57H35N3OS. The van der Waals surface area contributed by atoms with Crippen molar-refractivity contribution >= 4 is 53.4 Å². The van der Waals surface area contributed by atoms with Gasteiger partial charge >= 0.3 is 0 Å². The van der Waals surface area contributed by atoms with Crippen LogP contribution in [-0.4, -0.2) is 15.0 Å². The predicted molar refractivity (Wildman–Crippen MR) is 258 cm³/mol. The Bertz CT molecular complexity index is 3620. The molecule has 0 aliphatic rings. The van der Waals surface area contributed by atoms with Crippen LogP contribution in [0.4, 0.5) is 0 Å². The molecule has 0 unspecified atom stereocenters. The smallest absolute Gasteiger partial charge is 0.164 e. The Morgan fingerprint density at radius 1 is 0.323 bits per heavy atom. The first-order chi connectivity index (χ1) is 30.7. The van der Waals surface area contributed by atoms with Crippen LogP contribution >= 0.6 is 11.3 Å². The summed E-state index contributed by atoms with van der Waals surface area (Å²) in [5, 5.41) is 4.50. The van der Waals surface area contributed by atoms with Gasteiger partial charge < -0.3 is 4.42 Å². The molecule has 12 rings (SSSR count). The molecule has 5 heteroatoms. The summed E-state index contributed by atoms with van der Waals surface area (Å²) in [6, 6.07) is 74.4. The highest BCUT2D eigenvalue weighted by molar-refractivity contribution is 7.26. The molecule has 0 aliphatic heterocycles. The van der Waals surface area contributed by atoms with Gasteiger partial charge in [0, 0.05) is 53.2 Å². The van der Waals surface area contributed by atoms with Crippen LogP contribution in [0, 0.1) is 0 Å². The van der Waals surface area contributed by atoms with Crippen molar-refractivity contribution in [2.75, 3.05) is 0 Å². The molecule has 3 heterocycles. The Morgan fingerprint density at radius 2 is 0.903 bits per heavy atom. The molecule has 12 aromatic rings. The Balaban J connectivity index is 1.04. The fraction of sp³-hybridized carbons (Fsp3) is 0. The number of thiophene rings is 1. The number of aromatic nitrogens is 3. The third-order valence-corrected chi connectivity index (χ3v) is 12.9. The largest absolute Gasteiger partial charge is 0.455 e. The highest BCUT2D eigenvalue weighted by Crippen LogP contribution is 2.44. The minimum atomic E-state index is 0.583. The van der Waals surface area contributed by atoms with E-state index in [1.807, 2.05) is 47.7 Å². The van der Waals surface area contributed by atoms with Crippen molar-refractivity contribution in [3.8, 4) is 78.7 Å². The molecule has 0 N–H and O–H groups in total. The molecule has 290 valence electrons. The maximum atomic E-state index is 6.80. The van der Waals surface area contributed by atoms with Crippen LogP contribution < -0.4 is 0 Å². The lowest BCUT2D eigenvalue weighted by Gasteiger charge is -2.11. The van der Waals surface area contributed by atoms with Crippen LogP contribution in [0.2, 0.25) is 0 Å². The summed E-state index contributed by atoms with van der Waals surface area (Å²) in [4.78, 5) is 15.7. The third kappa shape index (κ3) is 6.26. The van der Waals surface area contributed by atoms with E-state index in [1.165, 1.54) is 36.9 Å². The lowest BCUT2D eigenvalue weighted by Crippen LogP contribution is -2.00. The Morgan fingerprint density at radius 3 is 1.65 bits per heavy atom. The number of fused-ring (bicyclic) bond motifs is 6. The first-order valence-electron chi connectivity index (χ1n) is 20.8. The van der Waals surface area contributed by atoms with Crippen LogP contribution in [0.1, 0.15) is 0 Å². The molecule has 4 nitrogen and oxygen atoms in total. The number of hydrogen-bond donors (Lipinski definition) is 0. The summed E-state index contributed by atoms with van der Waals surface area (Å²) in [5.74, 6) is 1.79. The molecule has 3 aromatic heterocycles. The van der Waals surface area contributed by atoms with E-state index in [4.69, 9.17) is 19.4 Å². The highest BCUT2D eigenvalue weighted by atomic mass is 32.1. The lowest BCUT2D eigenvalue weighted by atomic mass is 9.95. The van der Waals surface area contributed by atoms with Crippen molar-refractivity contribution < 1.29 is 4.42 Å². The number of nitrogens with zero attached hydrogens (tertiary/aromatic N) is 3. The van der Waals surface area contributed by atoms with Crippen LogP contribution in [0.25, 0.3) is 121 Å². The Kier molecular flexibility index (Phi) is 8.65. The van der Waals surface area contributed by atoms with E-state index in [2.05, 4.69) is 176 Å². The van der Waals surface area contributed by atoms with Crippen LogP contribution in [0.15, 0.2) is 217 Å². The second-order valence-electron chi connectivity index (χ2n) is 15.5. The second kappa shape index (κ2) is 14.9. The summed E-state index contributed by atoms with van der Waals surface area (Å²) >= 11 is 1.84. The molecule has 0 aliphatic carbocycles. The van der Waals surface area contributed by atoms with Crippen molar-refractivity contribution in [1.29, 1.82) is 0 Å². The van der Waals surface area contributed by atoms with Gasteiger partial charge in [0.25, 0.3) is 0 Å². The fourth-order valence-electron chi connectivity index (χ4n) is 8.75. The van der Waals surface area contributed by atoms with Crippen molar-refractivity contribution in [2.24, 2.45) is 0 Å². The van der Waals surface area contributed by atoms with Crippen molar-refractivity contribution in [2.45, 2.75) is 0 Å². The Hall–Kier alpha value is -7.99. The molecule has 0 spiro atoms. The fourth-order valence-corrected chi connectivity index (χ4v) is 10.0. The van der Waals surface area contributed by atoms with Crippen molar-refractivity contribution in [3.63, 3.8) is 0 Å². The molecule has 0 fully saturated rings. The molecule has 0 atom stereocenters. The van der Waals surface area contributed by atoms with Crippen molar-refractivity contribution in [3.05, 3.63) is 212 Å². The van der Waals surface area contributed by atoms with E-state index in [-0.39, 0.29) is 0 Å². The zero-order valence-corrected chi connectivity index (χ0v) is 34.2. The summed E-state index contributed by atoms with van der Waals surface area (Å²) < 4.78 is 9.33. The average molecular weight is 810 g/mol. The van der Waals surface area contributed by atoms with Gasteiger partial charge in [0.15, 0.2) is 17.5 Å². The Labute approximate surface area is 362 Å². The van der Waals surface area contributed by atoms with Gasteiger partial charge in [-0.15, -0.1) is 11.3 Å². The quantitative estimate of drug-likeness (QED) is 0.161. The van der Waals surface area contributed by atoms with Gasteiger partial charge in [0.1, 0.15) is 11.2 Å². The topological polar surface area (TPSA) is 51.8 Å². The van der Waals surface area contributed by atoms with Crippen LogP contribution in [0.3, 0.4) is 0 Å². The minimum absolute atomic E-state index is 0.583. The van der Waals surface area contributed by atoms with Gasteiger partial charge in [0.2, 0.25) is 0 Å². The molecule has 0 radical (unpaired) electrons. The first kappa shape index (κ1) is 35.9. The average Bonchev–Trinajstić information content (AvgIpc) is 3.93. The number of hydrogen-bond acceptors (Lipinski definition) is 5. The van der Waals surface area contributed by atoms with Gasteiger partial charge in [0.05, 0.1) is 0 Å². The minimum Gasteiger partial charge on any atom is -0.455 e. The first-order valence-corrected chi connectivity index (χ1v) is 21.6. The number of benzene rings is 9. The highest BCUT2D eigenvalue weighted by Gasteiger charge is 2.21. The maximum Gasteiger partial charge on any atom is 0.164 e. The molecule has 0 saturated carbocycles. The molecule has 0 saturated heterocycles. The number of rotatable bonds is 7. The van der Waals surface area contributed by atoms with E-state index >= 15 is 0 Å². The van der Waals surface area contributed by atoms with Crippen molar-refractivity contribution in [1.82, 2.24) is 15.0 Å². The molecule has 9 aromatic carbocycles. The zero-order valence-electron chi connectivity index (χ0n) is 33.4. The molecular weight excluding hydrogens is 775 g/mol. The zero-order chi connectivity index (χ0) is 41.0. The third-order valence-electron chi connectivity index (χ3n) is 11.7. The van der Waals surface area contributed by atoms with Gasteiger partial charge in [-0.2, -0.15) is 0 Å². The van der Waals surface area contributed by atoms with E-state index in [0.29, 0.717) is 17.5 Å². The van der Waals surface area contributed by atoms with Gasteiger partial charge in [-0.25, -0.2) is 15.0 Å². The summed E-state index contributed by atoms with van der Waals surface area (Å²) in [6.07, 6.45) is 0. The second-order valence-corrected chi connectivity index (χ2v) is 16.6. The standard InChI is InChI=1S/C57H35N3OS/c1-5-16-36(17-6-1)40-30-31-45-46-27-14-26-44(54(46)62-51(45)35-40)41-24-13-25-42(32-41)56-58-55(39-22-11-4-12-23-39)59-57(60-56)47-28-15-29-50-52(47)49-34-43(37-18-7-2-8-19-37)33-48(53(49)61-50)38-20-9-3-10-21-38/h1-35H. The van der Waals surface area contributed by atoms with Gasteiger partial charge in [-0.05, 0) is 69.3 Å². The van der Waals surface area contributed by atoms with E-state index in [1.54, 1.807) is 0 Å². The van der Waals surface area contributed by atoms with E-state index in [9.17, 15) is 0 Å². The SMILES string of the molecule is c1ccc(-c2ccc3c(c2)sc2c(-c4cccc(-c5nc(-c6ccccc6)nc(-c6cccc7oc8c(-c9ccccc9)cc(-c9ccccc9)cc8c67)n5)c4)cccc23)cc1. The number of furan rings is 1. The summed E-state index contributed by atoms with van der Waals surface area (Å²) in [7, 11) is 0. The van der Waals surface area contributed by atoms with Crippen LogP contribution in [-0.2, 0) is 0 Å². The van der Waals surface area contributed by atoms with Gasteiger partial charge in [-0.1, -0.05) is 182 Å². The molecule has 0 bridgehead atoms. The van der Waals surface area contributed by atoms with E-state index < -0.39 is 0 Å². The lowest BCUT2D eigenvalue weighted by molar-refractivity contribution is 0.670. The summed E-state index contributed by atoms with van der Waals surface area (Å²) in [5.41, 5.74) is 13.4. The molecule has 0 amide bonds. The maximum absolute atomic E-state index is 6.80. The summed E-state index contributed by atoms with van der Waals surface area (Å²) in [6.45, 7) is 0. The van der Waals surface area contributed by atoms with Gasteiger partial charge in [-0.3, -0.25) is 0 Å².